The maximum atomic E-state index is 13.7. The number of rotatable bonds is 11. The Hall–Kier alpha value is -2.82. The Bertz CT molecular complexity index is 1130. The van der Waals surface area contributed by atoms with Crippen LogP contribution < -0.4 is 5.32 Å². The molecule has 0 saturated carbocycles. The molecule has 0 radical (unpaired) electrons. The first kappa shape index (κ1) is 27.8. The monoisotopic (exact) mass is 524 g/mol. The zero-order chi connectivity index (χ0) is 26.1. The summed E-state index contributed by atoms with van der Waals surface area (Å²) in [7, 11) is 0. The van der Waals surface area contributed by atoms with Crippen molar-refractivity contribution in [2.24, 2.45) is 0 Å². The number of nitrogens with zero attached hydrogens (tertiary/aromatic N) is 1. The molecule has 0 aliphatic rings. The number of aryl methyl sites for hydroxylation is 2. The molecule has 0 saturated heterocycles. The minimum absolute atomic E-state index is 0.0614. The Kier molecular flexibility index (Phi) is 10.4. The lowest BCUT2D eigenvalue weighted by Gasteiger charge is -2.32. The fourth-order valence-electron chi connectivity index (χ4n) is 4.12. The highest BCUT2D eigenvalue weighted by Crippen LogP contribution is 2.27. The molecule has 0 aliphatic heterocycles. The van der Waals surface area contributed by atoms with E-state index in [1.165, 1.54) is 5.56 Å². The largest absolute Gasteiger partial charge is 0.352 e. The first-order valence-corrected chi connectivity index (χ1v) is 13.2. The van der Waals surface area contributed by atoms with Crippen molar-refractivity contribution in [3.63, 3.8) is 0 Å². The quantitative estimate of drug-likeness (QED) is 0.305. The van der Waals surface area contributed by atoms with Crippen LogP contribution >= 0.6 is 23.2 Å². The predicted molar refractivity (Wildman–Crippen MR) is 148 cm³/mol. The van der Waals surface area contributed by atoms with E-state index in [-0.39, 0.29) is 30.8 Å². The molecule has 0 aliphatic carbocycles. The van der Waals surface area contributed by atoms with Crippen molar-refractivity contribution in [1.29, 1.82) is 0 Å². The number of carbonyl (C=O) groups excluding carboxylic acids is 2. The normalized spacial score (nSPS) is 11.8. The van der Waals surface area contributed by atoms with Crippen molar-refractivity contribution in [3.8, 4) is 0 Å². The van der Waals surface area contributed by atoms with Gasteiger partial charge in [-0.15, -0.1) is 0 Å². The second-order valence-electron chi connectivity index (χ2n) is 9.26. The molecule has 3 aromatic carbocycles. The van der Waals surface area contributed by atoms with Crippen molar-refractivity contribution in [2.75, 3.05) is 0 Å². The Morgan fingerprint density at radius 3 is 2.03 bits per heavy atom. The third-order valence-electron chi connectivity index (χ3n) is 6.15. The van der Waals surface area contributed by atoms with Gasteiger partial charge in [0.15, 0.2) is 0 Å². The molecule has 0 fully saturated rings. The molecule has 0 heterocycles. The smallest absolute Gasteiger partial charge is 0.243 e. The van der Waals surface area contributed by atoms with Crippen LogP contribution in [0.4, 0.5) is 0 Å². The number of hydrogen-bond acceptors (Lipinski definition) is 2. The van der Waals surface area contributed by atoms with Gasteiger partial charge < -0.3 is 10.2 Å². The molecule has 3 rings (SSSR count). The standard InChI is InChI=1S/C30H34Cl2N2O2/c1-4-22-13-15-23(16-14-22)17-18-29(35)34(20-25-26(31)11-8-12-27(25)32)28(30(36)33-21(2)3)19-24-9-6-5-7-10-24/h5-16,21,28H,4,17-20H2,1-3H3,(H,33,36)/t28-/m0/s1. The van der Waals surface area contributed by atoms with Gasteiger partial charge in [0.1, 0.15) is 6.04 Å². The number of nitrogens with one attached hydrogen (secondary N) is 1. The van der Waals surface area contributed by atoms with Gasteiger partial charge in [-0.3, -0.25) is 9.59 Å². The van der Waals surface area contributed by atoms with E-state index >= 15 is 0 Å². The highest BCUT2D eigenvalue weighted by atomic mass is 35.5. The van der Waals surface area contributed by atoms with Crippen molar-refractivity contribution < 1.29 is 9.59 Å². The average molecular weight is 526 g/mol. The SMILES string of the molecule is CCc1ccc(CCC(=O)N(Cc2c(Cl)cccc2Cl)[C@@H](Cc2ccccc2)C(=O)NC(C)C)cc1. The zero-order valence-electron chi connectivity index (χ0n) is 21.1. The second kappa shape index (κ2) is 13.5. The fraction of sp³-hybridized carbons (Fsp3) is 0.333. The minimum Gasteiger partial charge on any atom is -0.352 e. The minimum atomic E-state index is -0.711. The Labute approximate surface area is 224 Å². The third-order valence-corrected chi connectivity index (χ3v) is 6.86. The van der Waals surface area contributed by atoms with Crippen LogP contribution in [0.15, 0.2) is 72.8 Å². The number of benzene rings is 3. The summed E-state index contributed by atoms with van der Waals surface area (Å²) in [6, 6.07) is 22.6. The molecule has 3 aromatic rings. The summed E-state index contributed by atoms with van der Waals surface area (Å²) in [6.45, 7) is 6.09. The molecular weight excluding hydrogens is 491 g/mol. The molecule has 0 aromatic heterocycles. The molecule has 190 valence electrons. The average Bonchev–Trinajstić information content (AvgIpc) is 2.86. The molecular formula is C30H34Cl2N2O2. The van der Waals surface area contributed by atoms with Crippen LogP contribution in [-0.4, -0.2) is 28.8 Å². The van der Waals surface area contributed by atoms with Gasteiger partial charge >= 0.3 is 0 Å². The van der Waals surface area contributed by atoms with Gasteiger partial charge in [-0.05, 0) is 55.5 Å². The van der Waals surface area contributed by atoms with Gasteiger partial charge in [-0.25, -0.2) is 0 Å². The molecule has 36 heavy (non-hydrogen) atoms. The number of hydrogen-bond donors (Lipinski definition) is 1. The number of amides is 2. The van der Waals surface area contributed by atoms with Crippen LogP contribution in [0.3, 0.4) is 0 Å². The van der Waals surface area contributed by atoms with Gasteiger partial charge in [0.05, 0.1) is 0 Å². The van der Waals surface area contributed by atoms with Gasteiger partial charge in [-0.2, -0.15) is 0 Å². The van der Waals surface area contributed by atoms with E-state index in [1.807, 2.05) is 44.2 Å². The maximum Gasteiger partial charge on any atom is 0.243 e. The summed E-state index contributed by atoms with van der Waals surface area (Å²) >= 11 is 13.0. The predicted octanol–water partition coefficient (Wildman–Crippen LogP) is 6.65. The first-order valence-electron chi connectivity index (χ1n) is 12.4. The van der Waals surface area contributed by atoms with Crippen LogP contribution in [0, 0.1) is 0 Å². The van der Waals surface area contributed by atoms with Crippen molar-refractivity contribution in [3.05, 3.63) is 105 Å². The molecule has 1 atom stereocenters. The van der Waals surface area contributed by atoms with Gasteiger partial charge in [-0.1, -0.05) is 90.8 Å². The molecule has 0 bridgehead atoms. The molecule has 1 N–H and O–H groups in total. The summed E-state index contributed by atoms with van der Waals surface area (Å²) in [5.41, 5.74) is 3.95. The van der Waals surface area contributed by atoms with Gasteiger partial charge in [0.25, 0.3) is 0 Å². The molecule has 0 unspecified atom stereocenters. The third kappa shape index (κ3) is 7.84. The summed E-state index contributed by atoms with van der Waals surface area (Å²) in [6.07, 6.45) is 2.21. The van der Waals surface area contributed by atoms with E-state index in [9.17, 15) is 9.59 Å². The van der Waals surface area contributed by atoms with Crippen molar-refractivity contribution in [1.82, 2.24) is 10.2 Å². The Morgan fingerprint density at radius 1 is 0.833 bits per heavy atom. The summed E-state index contributed by atoms with van der Waals surface area (Å²) < 4.78 is 0. The lowest BCUT2D eigenvalue weighted by Crippen LogP contribution is -2.51. The first-order chi connectivity index (χ1) is 17.3. The molecule has 2 amide bonds. The maximum absolute atomic E-state index is 13.7. The van der Waals surface area contributed by atoms with E-state index < -0.39 is 6.04 Å². The molecule has 4 nitrogen and oxygen atoms in total. The van der Waals surface area contributed by atoms with E-state index in [4.69, 9.17) is 23.2 Å². The highest BCUT2D eigenvalue weighted by Gasteiger charge is 2.31. The Morgan fingerprint density at radius 2 is 1.44 bits per heavy atom. The van der Waals surface area contributed by atoms with Gasteiger partial charge in [0, 0.05) is 41.0 Å². The Balaban J connectivity index is 1.93. The fourth-order valence-corrected chi connectivity index (χ4v) is 4.64. The zero-order valence-corrected chi connectivity index (χ0v) is 22.6. The summed E-state index contributed by atoms with van der Waals surface area (Å²) in [5.74, 6) is -0.317. The lowest BCUT2D eigenvalue weighted by atomic mass is 10.0. The van der Waals surface area contributed by atoms with Crippen LogP contribution in [0.1, 0.15) is 49.4 Å². The number of halogens is 2. The van der Waals surface area contributed by atoms with Gasteiger partial charge in [0.2, 0.25) is 11.8 Å². The van der Waals surface area contributed by atoms with Crippen LogP contribution in [0.2, 0.25) is 10.0 Å². The van der Waals surface area contributed by atoms with Crippen LogP contribution in [-0.2, 0) is 35.4 Å². The van der Waals surface area contributed by atoms with E-state index in [0.29, 0.717) is 28.5 Å². The van der Waals surface area contributed by atoms with Crippen molar-refractivity contribution in [2.45, 2.75) is 65.1 Å². The van der Waals surface area contributed by atoms with Crippen LogP contribution in [0.25, 0.3) is 0 Å². The molecule has 0 spiro atoms. The lowest BCUT2D eigenvalue weighted by molar-refractivity contribution is -0.141. The second-order valence-corrected chi connectivity index (χ2v) is 10.1. The van der Waals surface area contributed by atoms with Crippen molar-refractivity contribution >= 4 is 35.0 Å². The topological polar surface area (TPSA) is 49.4 Å². The molecule has 6 heteroatoms. The van der Waals surface area contributed by atoms with E-state index in [2.05, 4.69) is 36.5 Å². The van der Waals surface area contributed by atoms with E-state index in [0.717, 1.165) is 17.5 Å². The number of carbonyl (C=O) groups is 2. The van der Waals surface area contributed by atoms with Crippen LogP contribution in [0.5, 0.6) is 0 Å². The van der Waals surface area contributed by atoms with E-state index in [1.54, 1.807) is 23.1 Å². The summed E-state index contributed by atoms with van der Waals surface area (Å²) in [5, 5.41) is 3.94. The summed E-state index contributed by atoms with van der Waals surface area (Å²) in [4.78, 5) is 28.8. The highest BCUT2D eigenvalue weighted by molar-refractivity contribution is 6.36.